The van der Waals surface area contributed by atoms with Crippen molar-refractivity contribution in [2.24, 2.45) is 5.41 Å². The van der Waals surface area contributed by atoms with Crippen molar-refractivity contribution < 1.29 is 24.2 Å². The van der Waals surface area contributed by atoms with Crippen molar-refractivity contribution in [3.63, 3.8) is 0 Å². The molecule has 1 saturated carbocycles. The molecule has 0 radical (unpaired) electrons. The summed E-state index contributed by atoms with van der Waals surface area (Å²) in [6.45, 7) is 2.18. The van der Waals surface area contributed by atoms with Gasteiger partial charge in [-0.05, 0) is 53.5 Å². The highest BCUT2D eigenvalue weighted by atomic mass is 16.5. The molecule has 0 unspecified atom stereocenters. The Morgan fingerprint density at radius 2 is 1.41 bits per heavy atom. The van der Waals surface area contributed by atoms with Gasteiger partial charge in [0.1, 0.15) is 12.1 Å². The number of ether oxygens (including phenoxy) is 1. The Labute approximate surface area is 239 Å². The van der Waals surface area contributed by atoms with Gasteiger partial charge in [-0.1, -0.05) is 78.9 Å². The maximum atomic E-state index is 13.6. The monoisotopic (exact) mass is 553 g/mol. The number of fused-ring (bicyclic) bond motifs is 3. The highest BCUT2D eigenvalue weighted by Crippen LogP contribution is 2.46. The van der Waals surface area contributed by atoms with E-state index in [0.717, 1.165) is 28.8 Å². The fourth-order valence-electron chi connectivity index (χ4n) is 6.21. The molecule has 1 saturated heterocycles. The van der Waals surface area contributed by atoms with E-state index >= 15 is 0 Å². The predicted molar refractivity (Wildman–Crippen MR) is 154 cm³/mol. The van der Waals surface area contributed by atoms with Gasteiger partial charge in [-0.25, -0.2) is 4.79 Å². The van der Waals surface area contributed by atoms with Crippen LogP contribution >= 0.6 is 0 Å². The summed E-state index contributed by atoms with van der Waals surface area (Å²) in [6.07, 6.45) is 1.24. The molecule has 2 aliphatic carbocycles. The molecule has 8 nitrogen and oxygen atoms in total. The number of amides is 2. The summed E-state index contributed by atoms with van der Waals surface area (Å²) >= 11 is 0. The number of piperidine rings is 1. The van der Waals surface area contributed by atoms with Gasteiger partial charge in [-0.2, -0.15) is 0 Å². The van der Waals surface area contributed by atoms with Crippen molar-refractivity contribution in [1.29, 1.82) is 0 Å². The third kappa shape index (κ3) is 5.44. The van der Waals surface area contributed by atoms with Gasteiger partial charge < -0.3 is 20.5 Å². The lowest BCUT2D eigenvalue weighted by atomic mass is 9.86. The molecule has 1 aliphatic heterocycles. The quantitative estimate of drug-likeness (QED) is 0.359. The van der Waals surface area contributed by atoms with Gasteiger partial charge in [-0.3, -0.25) is 14.5 Å². The number of carbonyl (C=O) groups excluding carboxylic acids is 2. The van der Waals surface area contributed by atoms with E-state index in [1.54, 1.807) is 0 Å². The van der Waals surface area contributed by atoms with E-state index in [9.17, 15) is 19.5 Å². The number of carboxylic acid groups (broad SMARTS) is 1. The first-order valence-electron chi connectivity index (χ1n) is 14.3. The molecule has 0 atom stereocenters. The van der Waals surface area contributed by atoms with Gasteiger partial charge in [-0.15, -0.1) is 0 Å². The van der Waals surface area contributed by atoms with E-state index < -0.39 is 23.0 Å². The number of nitrogens with one attached hydrogen (secondary N) is 2. The van der Waals surface area contributed by atoms with Crippen molar-refractivity contribution in [3.8, 4) is 11.1 Å². The number of rotatable bonds is 9. The summed E-state index contributed by atoms with van der Waals surface area (Å²) in [5.74, 6) is -1.33. The highest BCUT2D eigenvalue weighted by Gasteiger charge is 2.52. The Balaban J connectivity index is 1.14. The molecule has 2 fully saturated rings. The number of likely N-dealkylation sites (tertiary alicyclic amines) is 1. The van der Waals surface area contributed by atoms with Crippen molar-refractivity contribution in [2.75, 3.05) is 26.2 Å². The lowest BCUT2D eigenvalue weighted by molar-refractivity contribution is -0.143. The molecule has 0 spiro atoms. The topological polar surface area (TPSA) is 108 Å². The molecule has 0 aromatic heterocycles. The minimum Gasteiger partial charge on any atom is -0.481 e. The van der Waals surface area contributed by atoms with Gasteiger partial charge in [0, 0.05) is 32.1 Å². The lowest BCUT2D eigenvalue weighted by Crippen LogP contribution is -2.63. The third-order valence-corrected chi connectivity index (χ3v) is 8.97. The normalized spacial score (nSPS) is 18.5. The Hall–Kier alpha value is -4.17. The summed E-state index contributed by atoms with van der Waals surface area (Å²) in [5.41, 5.74) is 3.64. The van der Waals surface area contributed by atoms with Crippen LogP contribution in [0.15, 0.2) is 78.9 Å². The standard InChI is InChI=1S/C33H35N3O5/c37-29(34-22-32(14-15-32)30(38)39)33(16-18-36(19-17-33)20-23-8-2-1-3-9-23)35-31(40)41-21-28-26-12-6-4-10-24(26)25-11-5-7-13-27(25)28/h1-13,28H,14-22H2,(H,34,37)(H,35,40)(H,38,39). The molecule has 8 heteroatoms. The van der Waals surface area contributed by atoms with Crippen LogP contribution < -0.4 is 10.6 Å². The summed E-state index contributed by atoms with van der Waals surface area (Å²) in [5, 5.41) is 15.4. The minimum atomic E-state index is -1.18. The van der Waals surface area contributed by atoms with Crippen molar-refractivity contribution in [1.82, 2.24) is 15.5 Å². The summed E-state index contributed by atoms with van der Waals surface area (Å²) in [4.78, 5) is 40.8. The molecule has 2 amide bonds. The van der Waals surface area contributed by atoms with E-state index in [1.807, 2.05) is 42.5 Å². The maximum absolute atomic E-state index is 13.6. The highest BCUT2D eigenvalue weighted by molar-refractivity contribution is 5.91. The van der Waals surface area contributed by atoms with Gasteiger partial charge >= 0.3 is 12.1 Å². The van der Waals surface area contributed by atoms with Crippen LogP contribution in [0.4, 0.5) is 4.79 Å². The SMILES string of the molecule is O=C(NC1(C(=O)NCC2(C(=O)O)CC2)CCN(Cc2ccccc2)CC1)OCC1c2ccccc2-c2ccccc21. The Kier molecular flexibility index (Phi) is 7.26. The van der Waals surface area contributed by atoms with E-state index in [-0.39, 0.29) is 25.0 Å². The second kappa shape index (κ2) is 11.0. The number of hydrogen-bond donors (Lipinski definition) is 3. The predicted octanol–water partition coefficient (Wildman–Crippen LogP) is 4.54. The molecule has 212 valence electrons. The van der Waals surface area contributed by atoms with Crippen LogP contribution in [0.5, 0.6) is 0 Å². The van der Waals surface area contributed by atoms with Crippen molar-refractivity contribution in [2.45, 2.75) is 43.7 Å². The van der Waals surface area contributed by atoms with E-state index in [1.165, 1.54) is 5.56 Å². The van der Waals surface area contributed by atoms with Crippen LogP contribution in [0.2, 0.25) is 0 Å². The van der Waals surface area contributed by atoms with E-state index in [0.29, 0.717) is 38.8 Å². The second-order valence-corrected chi connectivity index (χ2v) is 11.6. The molecular weight excluding hydrogens is 518 g/mol. The lowest BCUT2D eigenvalue weighted by Gasteiger charge is -2.41. The average molecular weight is 554 g/mol. The second-order valence-electron chi connectivity index (χ2n) is 11.6. The molecule has 0 bridgehead atoms. The molecule has 3 aromatic rings. The third-order valence-electron chi connectivity index (χ3n) is 8.97. The Morgan fingerprint density at radius 1 is 0.829 bits per heavy atom. The zero-order chi connectivity index (χ0) is 28.5. The molecule has 3 aromatic carbocycles. The molecule has 6 rings (SSSR count). The maximum Gasteiger partial charge on any atom is 0.408 e. The van der Waals surface area contributed by atoms with Gasteiger partial charge in [0.05, 0.1) is 5.41 Å². The van der Waals surface area contributed by atoms with Crippen LogP contribution in [0.3, 0.4) is 0 Å². The Bertz CT molecular complexity index is 1400. The zero-order valence-corrected chi connectivity index (χ0v) is 23.0. The first-order valence-corrected chi connectivity index (χ1v) is 14.3. The first kappa shape index (κ1) is 27.0. The number of alkyl carbamates (subject to hydrolysis) is 1. The van der Waals surface area contributed by atoms with E-state index in [4.69, 9.17) is 4.74 Å². The summed E-state index contributed by atoms with van der Waals surface area (Å²) in [6, 6.07) is 26.4. The minimum absolute atomic E-state index is 0.0585. The van der Waals surface area contributed by atoms with E-state index in [2.05, 4.69) is 51.9 Å². The zero-order valence-electron chi connectivity index (χ0n) is 23.0. The molecule has 1 heterocycles. The molecule has 3 aliphatic rings. The van der Waals surface area contributed by atoms with Crippen LogP contribution in [0.25, 0.3) is 11.1 Å². The largest absolute Gasteiger partial charge is 0.481 e. The van der Waals surface area contributed by atoms with Crippen LogP contribution in [0.1, 0.15) is 48.3 Å². The van der Waals surface area contributed by atoms with Crippen molar-refractivity contribution >= 4 is 18.0 Å². The van der Waals surface area contributed by atoms with Crippen molar-refractivity contribution in [3.05, 3.63) is 95.6 Å². The van der Waals surface area contributed by atoms with Gasteiger partial charge in [0.2, 0.25) is 5.91 Å². The van der Waals surface area contributed by atoms with Gasteiger partial charge in [0.15, 0.2) is 0 Å². The Morgan fingerprint density at radius 3 is 2.00 bits per heavy atom. The average Bonchev–Trinajstić information content (AvgIpc) is 3.73. The molecular formula is C33H35N3O5. The molecule has 41 heavy (non-hydrogen) atoms. The van der Waals surface area contributed by atoms with Crippen LogP contribution in [-0.4, -0.2) is 59.8 Å². The number of nitrogens with zero attached hydrogens (tertiary/aromatic N) is 1. The fourth-order valence-corrected chi connectivity index (χ4v) is 6.21. The number of benzene rings is 3. The number of aliphatic carboxylic acids is 1. The summed E-state index contributed by atoms with van der Waals surface area (Å²) in [7, 11) is 0. The van der Waals surface area contributed by atoms with Gasteiger partial charge in [0.25, 0.3) is 0 Å². The smallest absolute Gasteiger partial charge is 0.408 e. The van der Waals surface area contributed by atoms with Crippen LogP contribution in [-0.2, 0) is 20.9 Å². The first-order chi connectivity index (χ1) is 19.9. The number of carboxylic acids is 1. The summed E-state index contributed by atoms with van der Waals surface area (Å²) < 4.78 is 5.80. The van der Waals surface area contributed by atoms with Crippen LogP contribution in [0, 0.1) is 5.41 Å². The fraction of sp³-hybridized carbons (Fsp3) is 0.364. The molecule has 3 N–H and O–H groups in total. The number of carbonyl (C=O) groups is 3. The number of hydrogen-bond acceptors (Lipinski definition) is 5.